The third-order valence-corrected chi connectivity index (χ3v) is 5.42. The molecule has 0 radical (unpaired) electrons. The molecule has 0 saturated carbocycles. The highest BCUT2D eigenvalue weighted by atomic mass is 32.1. The predicted octanol–water partition coefficient (Wildman–Crippen LogP) is 4.16. The first-order valence-electron chi connectivity index (χ1n) is 7.71. The summed E-state index contributed by atoms with van der Waals surface area (Å²) in [6, 6.07) is 0. The Morgan fingerprint density at radius 3 is 2.76 bits per heavy atom. The van der Waals surface area contributed by atoms with Crippen LogP contribution in [0.15, 0.2) is 0 Å². The van der Waals surface area contributed by atoms with Gasteiger partial charge in [-0.1, -0.05) is 0 Å². The lowest BCUT2D eigenvalue weighted by Gasteiger charge is -2.32. The van der Waals surface area contributed by atoms with Crippen LogP contribution in [0.2, 0.25) is 0 Å². The molecule has 2 aromatic rings. The van der Waals surface area contributed by atoms with E-state index in [9.17, 15) is 0 Å². The Labute approximate surface area is 129 Å². The van der Waals surface area contributed by atoms with Gasteiger partial charge in [0.2, 0.25) is 0 Å². The van der Waals surface area contributed by atoms with Gasteiger partial charge >= 0.3 is 0 Å². The minimum Gasteiger partial charge on any atom is -0.370 e. The maximum Gasteiger partial charge on any atom is 0.163 e. The van der Waals surface area contributed by atoms with E-state index in [4.69, 9.17) is 14.7 Å². The summed E-state index contributed by atoms with van der Waals surface area (Å²) in [7, 11) is 0. The van der Waals surface area contributed by atoms with Gasteiger partial charge in [-0.25, -0.2) is 9.97 Å². The van der Waals surface area contributed by atoms with E-state index in [0.717, 1.165) is 42.5 Å². The Morgan fingerprint density at radius 1 is 1.29 bits per heavy atom. The van der Waals surface area contributed by atoms with Crippen LogP contribution in [0.5, 0.6) is 0 Å². The van der Waals surface area contributed by atoms with Gasteiger partial charge in [-0.2, -0.15) is 0 Å². The quantitative estimate of drug-likeness (QED) is 0.925. The van der Waals surface area contributed by atoms with E-state index in [1.54, 1.807) is 11.3 Å². The van der Waals surface area contributed by atoms with Crippen LogP contribution in [0.3, 0.4) is 0 Å². The second-order valence-electron chi connectivity index (χ2n) is 5.93. The van der Waals surface area contributed by atoms with Crippen molar-refractivity contribution in [3.63, 3.8) is 0 Å². The summed E-state index contributed by atoms with van der Waals surface area (Å²) < 4.78 is 6.02. The number of thiophene rings is 1. The molecule has 1 unspecified atom stereocenters. The third kappa shape index (κ3) is 2.53. The Morgan fingerprint density at radius 2 is 2.10 bits per heavy atom. The van der Waals surface area contributed by atoms with Gasteiger partial charge in [-0.3, -0.25) is 0 Å². The highest BCUT2D eigenvalue weighted by molar-refractivity contribution is 7.18. The largest absolute Gasteiger partial charge is 0.370 e. The van der Waals surface area contributed by atoms with Crippen LogP contribution in [0.1, 0.15) is 49.4 Å². The minimum absolute atomic E-state index is 0.345. The summed E-state index contributed by atoms with van der Waals surface area (Å²) >= 11 is 1.75. The Hall–Kier alpha value is -1.20. The van der Waals surface area contributed by atoms with Gasteiger partial charge in [0, 0.05) is 18.0 Å². The highest BCUT2D eigenvalue weighted by Gasteiger charge is 2.34. The molecular formula is C16H23N3OS. The van der Waals surface area contributed by atoms with Crippen LogP contribution in [0.4, 0.5) is 5.82 Å². The minimum atomic E-state index is -0.345. The number of nitrogens with zero attached hydrogens (tertiary/aromatic N) is 2. The van der Waals surface area contributed by atoms with E-state index < -0.39 is 0 Å². The fourth-order valence-electron chi connectivity index (χ4n) is 2.89. The first-order chi connectivity index (χ1) is 10.0. The Kier molecular flexibility index (Phi) is 3.88. The zero-order valence-electron chi connectivity index (χ0n) is 13.2. The smallest absolute Gasteiger partial charge is 0.163 e. The maximum absolute atomic E-state index is 6.02. The lowest BCUT2D eigenvalue weighted by atomic mass is 9.95. The normalized spacial score (nSPS) is 22.7. The van der Waals surface area contributed by atoms with Gasteiger partial charge in [0.05, 0.1) is 5.39 Å². The predicted molar refractivity (Wildman–Crippen MR) is 88.2 cm³/mol. The molecule has 1 saturated heterocycles. The number of aryl methyl sites for hydroxylation is 2. The van der Waals surface area contributed by atoms with Crippen molar-refractivity contribution in [3.05, 3.63) is 16.3 Å². The maximum atomic E-state index is 6.02. The van der Waals surface area contributed by atoms with Gasteiger partial charge in [-0.05, 0) is 52.5 Å². The molecule has 2 aromatic heterocycles. The van der Waals surface area contributed by atoms with E-state index in [1.165, 1.54) is 22.2 Å². The molecule has 0 aromatic carbocycles. The van der Waals surface area contributed by atoms with Crippen molar-refractivity contribution in [3.8, 4) is 0 Å². The molecule has 1 N–H and O–H groups in total. The lowest BCUT2D eigenvalue weighted by Crippen LogP contribution is -2.32. The third-order valence-electron chi connectivity index (χ3n) is 4.31. The van der Waals surface area contributed by atoms with E-state index in [-0.39, 0.29) is 5.60 Å². The standard InChI is InChI=1S/C16H23N3OS/c1-5-17-13-12-10(2)11(3)21-14(12)19-15(18-13)16(4)8-6-7-9-20-16/h5-9H2,1-4H3,(H,17,18,19). The molecule has 1 aliphatic heterocycles. The average Bonchev–Trinajstić information content (AvgIpc) is 2.75. The van der Waals surface area contributed by atoms with Gasteiger partial charge < -0.3 is 10.1 Å². The molecule has 3 heterocycles. The topological polar surface area (TPSA) is 47.0 Å². The zero-order valence-corrected chi connectivity index (χ0v) is 14.1. The van der Waals surface area contributed by atoms with Crippen LogP contribution >= 0.6 is 11.3 Å². The molecule has 0 aliphatic carbocycles. The van der Waals surface area contributed by atoms with E-state index in [1.807, 2.05) is 0 Å². The van der Waals surface area contributed by atoms with E-state index in [0.29, 0.717) is 0 Å². The lowest BCUT2D eigenvalue weighted by molar-refractivity contribution is -0.0757. The van der Waals surface area contributed by atoms with Crippen LogP contribution < -0.4 is 5.32 Å². The summed E-state index contributed by atoms with van der Waals surface area (Å²) in [5, 5.41) is 4.57. The fourth-order valence-corrected chi connectivity index (χ4v) is 3.92. The van der Waals surface area contributed by atoms with Crippen molar-refractivity contribution < 1.29 is 4.74 Å². The molecule has 114 valence electrons. The second kappa shape index (κ2) is 5.54. The van der Waals surface area contributed by atoms with Gasteiger partial charge in [0.25, 0.3) is 0 Å². The molecule has 5 heteroatoms. The average molecular weight is 305 g/mol. The first kappa shape index (κ1) is 14.7. The van der Waals surface area contributed by atoms with Crippen molar-refractivity contribution >= 4 is 27.4 Å². The molecule has 0 bridgehead atoms. The van der Waals surface area contributed by atoms with Crippen molar-refractivity contribution in [2.45, 2.75) is 52.6 Å². The number of nitrogens with one attached hydrogen (secondary N) is 1. The number of hydrogen-bond acceptors (Lipinski definition) is 5. The highest BCUT2D eigenvalue weighted by Crippen LogP contribution is 2.38. The monoisotopic (exact) mass is 305 g/mol. The van der Waals surface area contributed by atoms with Crippen molar-refractivity contribution in [2.24, 2.45) is 0 Å². The van der Waals surface area contributed by atoms with Crippen molar-refractivity contribution in [1.82, 2.24) is 9.97 Å². The van der Waals surface area contributed by atoms with Crippen LogP contribution in [-0.4, -0.2) is 23.1 Å². The molecule has 1 atom stereocenters. The fraction of sp³-hybridized carbons (Fsp3) is 0.625. The molecule has 1 aliphatic rings. The molecule has 4 nitrogen and oxygen atoms in total. The summed E-state index contributed by atoms with van der Waals surface area (Å²) in [6.07, 6.45) is 3.31. The van der Waals surface area contributed by atoms with Crippen LogP contribution in [0, 0.1) is 13.8 Å². The molecule has 0 spiro atoms. The molecule has 3 rings (SSSR count). The SMILES string of the molecule is CCNc1nc(C2(C)CCCCO2)nc2sc(C)c(C)c12. The van der Waals surface area contributed by atoms with E-state index in [2.05, 4.69) is 33.0 Å². The van der Waals surface area contributed by atoms with Crippen LogP contribution in [0.25, 0.3) is 10.2 Å². The first-order valence-corrected chi connectivity index (χ1v) is 8.53. The second-order valence-corrected chi connectivity index (χ2v) is 7.13. The summed E-state index contributed by atoms with van der Waals surface area (Å²) in [5.41, 5.74) is 0.940. The zero-order chi connectivity index (χ0) is 15.0. The van der Waals surface area contributed by atoms with Gasteiger partial charge in [0.1, 0.15) is 16.2 Å². The Balaban J connectivity index is 2.16. The molecule has 1 fully saturated rings. The summed E-state index contributed by atoms with van der Waals surface area (Å²) in [6.45, 7) is 10.2. The summed E-state index contributed by atoms with van der Waals surface area (Å²) in [5.74, 6) is 1.78. The van der Waals surface area contributed by atoms with Crippen LogP contribution in [-0.2, 0) is 10.3 Å². The number of hydrogen-bond donors (Lipinski definition) is 1. The van der Waals surface area contributed by atoms with E-state index >= 15 is 0 Å². The van der Waals surface area contributed by atoms with Crippen molar-refractivity contribution in [2.75, 3.05) is 18.5 Å². The van der Waals surface area contributed by atoms with Gasteiger partial charge in [-0.15, -0.1) is 11.3 Å². The Bertz CT molecular complexity index is 659. The van der Waals surface area contributed by atoms with Gasteiger partial charge in [0.15, 0.2) is 5.82 Å². The number of ether oxygens (including phenoxy) is 1. The summed E-state index contributed by atoms with van der Waals surface area (Å²) in [4.78, 5) is 12.0. The molecule has 21 heavy (non-hydrogen) atoms. The number of anilines is 1. The number of rotatable bonds is 3. The number of aromatic nitrogens is 2. The van der Waals surface area contributed by atoms with Crippen molar-refractivity contribution in [1.29, 1.82) is 0 Å². The number of fused-ring (bicyclic) bond motifs is 1. The molecule has 0 amide bonds. The molecular weight excluding hydrogens is 282 g/mol.